The van der Waals surface area contributed by atoms with Gasteiger partial charge in [-0.25, -0.2) is 0 Å². The molecule has 1 aliphatic heterocycles. The lowest BCUT2D eigenvalue weighted by Gasteiger charge is -2.44. The van der Waals surface area contributed by atoms with E-state index < -0.39 is 85.8 Å². The van der Waals surface area contributed by atoms with Crippen LogP contribution in [0, 0.1) is 0 Å². The first-order valence-electron chi connectivity index (χ1n) is 13.5. The second kappa shape index (κ2) is 15.8. The fourth-order valence-electron chi connectivity index (χ4n) is 4.58. The number of rotatable bonds is 13. The summed E-state index contributed by atoms with van der Waals surface area (Å²) in [5, 5.41) is 13.2. The molecule has 1 heterocycles. The number of carbonyl (C=O) groups excluding carboxylic acids is 4. The molecular formula is C30H35NO12. The Morgan fingerprint density at radius 1 is 0.744 bits per heavy atom. The number of carboxylic acids is 1. The summed E-state index contributed by atoms with van der Waals surface area (Å²) in [5.74, 6) is -4.30. The number of hydrogen-bond donors (Lipinski definition) is 2. The highest BCUT2D eigenvalue weighted by atomic mass is 16.7. The van der Waals surface area contributed by atoms with Gasteiger partial charge < -0.3 is 33.5 Å². The molecule has 232 valence electrons. The number of ether oxygens (including phenoxy) is 6. The molecule has 0 spiro atoms. The molecule has 0 amide bonds. The van der Waals surface area contributed by atoms with Crippen molar-refractivity contribution in [1.29, 1.82) is 0 Å². The molecule has 0 saturated carbocycles. The molecular weight excluding hydrogens is 566 g/mol. The van der Waals surface area contributed by atoms with E-state index in [1.165, 1.54) is 0 Å². The van der Waals surface area contributed by atoms with Crippen LogP contribution in [-0.2, 0) is 52.4 Å². The van der Waals surface area contributed by atoms with E-state index in [2.05, 4.69) is 5.32 Å². The Morgan fingerprint density at radius 2 is 1.23 bits per heavy atom. The van der Waals surface area contributed by atoms with Gasteiger partial charge in [-0.05, 0) is 11.1 Å². The molecule has 1 aliphatic rings. The van der Waals surface area contributed by atoms with Crippen LogP contribution >= 0.6 is 0 Å². The number of benzene rings is 2. The van der Waals surface area contributed by atoms with Gasteiger partial charge >= 0.3 is 29.8 Å². The minimum absolute atomic E-state index is 0.442. The summed E-state index contributed by atoms with van der Waals surface area (Å²) in [5.41, 5.74) is 1.60. The van der Waals surface area contributed by atoms with Gasteiger partial charge in [-0.15, -0.1) is 0 Å². The molecule has 1 fully saturated rings. The zero-order valence-corrected chi connectivity index (χ0v) is 24.2. The van der Waals surface area contributed by atoms with Crippen molar-refractivity contribution in [3.8, 4) is 0 Å². The van der Waals surface area contributed by atoms with Gasteiger partial charge in [-0.1, -0.05) is 60.7 Å². The minimum atomic E-state index is -1.52. The van der Waals surface area contributed by atoms with E-state index in [0.29, 0.717) is 0 Å². The third kappa shape index (κ3) is 9.87. The van der Waals surface area contributed by atoms with Gasteiger partial charge in [0.1, 0.15) is 18.8 Å². The van der Waals surface area contributed by atoms with Crippen molar-refractivity contribution in [2.75, 3.05) is 13.2 Å². The number of carbonyl (C=O) groups is 5. The van der Waals surface area contributed by atoms with Gasteiger partial charge in [-0.2, -0.15) is 0 Å². The smallest absolute Gasteiger partial charge is 0.323 e. The van der Waals surface area contributed by atoms with Crippen molar-refractivity contribution >= 4 is 29.8 Å². The number of esters is 4. The minimum Gasteiger partial charge on any atom is -0.480 e. The van der Waals surface area contributed by atoms with Crippen molar-refractivity contribution < 1.29 is 57.5 Å². The molecule has 0 aromatic heterocycles. The summed E-state index contributed by atoms with van der Waals surface area (Å²) in [4.78, 5) is 60.0. The Balaban J connectivity index is 1.92. The Morgan fingerprint density at radius 3 is 1.70 bits per heavy atom. The van der Waals surface area contributed by atoms with Gasteiger partial charge in [0, 0.05) is 27.7 Å². The second-order valence-corrected chi connectivity index (χ2v) is 9.71. The van der Waals surface area contributed by atoms with E-state index >= 15 is 0 Å². The normalized spacial score (nSPS) is 22.2. The van der Waals surface area contributed by atoms with Gasteiger partial charge in [0.15, 0.2) is 24.6 Å². The van der Waals surface area contributed by atoms with Crippen LogP contribution in [-0.4, -0.2) is 84.9 Å². The number of hydrogen-bond acceptors (Lipinski definition) is 12. The molecule has 0 aliphatic carbocycles. The number of nitrogens with one attached hydrogen (secondary N) is 1. The third-order valence-electron chi connectivity index (χ3n) is 6.31. The van der Waals surface area contributed by atoms with E-state index in [1.54, 1.807) is 0 Å². The van der Waals surface area contributed by atoms with E-state index in [0.717, 1.165) is 38.8 Å². The van der Waals surface area contributed by atoms with Crippen molar-refractivity contribution in [3.63, 3.8) is 0 Å². The van der Waals surface area contributed by atoms with Crippen LogP contribution in [0.5, 0.6) is 0 Å². The maximum atomic E-state index is 12.4. The largest absolute Gasteiger partial charge is 0.480 e. The molecule has 3 rings (SSSR count). The highest BCUT2D eigenvalue weighted by Crippen LogP contribution is 2.30. The fourth-order valence-corrected chi connectivity index (χ4v) is 4.58. The van der Waals surface area contributed by atoms with Gasteiger partial charge in [-0.3, -0.25) is 29.3 Å². The molecule has 43 heavy (non-hydrogen) atoms. The zero-order valence-electron chi connectivity index (χ0n) is 24.2. The monoisotopic (exact) mass is 601 g/mol. The van der Waals surface area contributed by atoms with Crippen LogP contribution in [0.2, 0.25) is 0 Å². The van der Waals surface area contributed by atoms with Crippen LogP contribution < -0.4 is 5.32 Å². The summed E-state index contributed by atoms with van der Waals surface area (Å²) in [6.45, 7) is 3.51. The first kappa shape index (κ1) is 33.2. The van der Waals surface area contributed by atoms with Gasteiger partial charge in [0.25, 0.3) is 0 Å². The standard InChI is InChI=1S/C30H35NO12/c1-17(32)38-16-24-26(40-18(2)33)27(41-19(3)34)28(42-20(4)35)30(43-24)39-15-23(29(36)37)31-25(21-11-7-5-8-12-21)22-13-9-6-10-14-22/h5-14,23-28,30-31H,15-16H2,1-4H3,(H,36,37)/t23-,24+,26+,27-,28+,30+/m0/s1. The maximum Gasteiger partial charge on any atom is 0.323 e. The predicted molar refractivity (Wildman–Crippen MR) is 147 cm³/mol. The fraction of sp³-hybridized carbons (Fsp3) is 0.433. The van der Waals surface area contributed by atoms with Gasteiger partial charge in [0.05, 0.1) is 12.6 Å². The van der Waals surface area contributed by atoms with E-state index in [1.807, 2.05) is 60.7 Å². The molecule has 2 N–H and O–H groups in total. The highest BCUT2D eigenvalue weighted by molar-refractivity contribution is 5.74. The number of carboxylic acid groups (broad SMARTS) is 1. The first-order chi connectivity index (χ1) is 20.5. The SMILES string of the molecule is CC(=O)OC[C@H]1O[C@@H](OC[C@H](NC(c2ccccc2)c2ccccc2)C(=O)O)[C@H](OC(C)=O)[C@@H](OC(C)=O)[C@@H]1OC(C)=O. The van der Waals surface area contributed by atoms with Gasteiger partial charge in [0.2, 0.25) is 0 Å². The number of aliphatic carboxylic acids is 1. The highest BCUT2D eigenvalue weighted by Gasteiger charge is 2.53. The molecule has 1 saturated heterocycles. The molecule has 0 unspecified atom stereocenters. The molecule has 0 bridgehead atoms. The topological polar surface area (TPSA) is 173 Å². The third-order valence-corrected chi connectivity index (χ3v) is 6.31. The summed E-state index contributed by atoms with van der Waals surface area (Å²) >= 11 is 0. The second-order valence-electron chi connectivity index (χ2n) is 9.71. The maximum absolute atomic E-state index is 12.4. The van der Waals surface area contributed by atoms with Crippen molar-refractivity contribution in [3.05, 3.63) is 71.8 Å². The first-order valence-corrected chi connectivity index (χ1v) is 13.5. The Hall–Kier alpha value is -4.33. The molecule has 2 aromatic rings. The van der Waals surface area contributed by atoms with Crippen molar-refractivity contribution in [1.82, 2.24) is 5.32 Å². The zero-order chi connectivity index (χ0) is 31.5. The van der Waals surface area contributed by atoms with Crippen LogP contribution in [0.3, 0.4) is 0 Å². The molecule has 2 aromatic carbocycles. The molecule has 13 heteroatoms. The Labute approximate surface area is 248 Å². The quantitative estimate of drug-likeness (QED) is 0.252. The summed E-state index contributed by atoms with van der Waals surface area (Å²) in [6.07, 6.45) is -7.03. The Bertz CT molecular complexity index is 1210. The van der Waals surface area contributed by atoms with Crippen LogP contribution in [0.25, 0.3) is 0 Å². The lowest BCUT2D eigenvalue weighted by atomic mass is 9.97. The predicted octanol–water partition coefficient (Wildman–Crippen LogP) is 1.92. The summed E-state index contributed by atoms with van der Waals surface area (Å²) in [7, 11) is 0. The average molecular weight is 602 g/mol. The lowest BCUT2D eigenvalue weighted by molar-refractivity contribution is -0.308. The lowest BCUT2D eigenvalue weighted by Crippen LogP contribution is -2.63. The van der Waals surface area contributed by atoms with Crippen LogP contribution in [0.15, 0.2) is 60.7 Å². The Kier molecular flexibility index (Phi) is 12.2. The summed E-state index contributed by atoms with van der Waals surface area (Å²) in [6, 6.07) is 16.6. The van der Waals surface area contributed by atoms with Crippen molar-refractivity contribution in [2.45, 2.75) is 70.5 Å². The van der Waals surface area contributed by atoms with E-state index in [-0.39, 0.29) is 0 Å². The van der Waals surface area contributed by atoms with E-state index in [9.17, 15) is 29.1 Å². The molecule has 0 radical (unpaired) electrons. The average Bonchev–Trinajstić information content (AvgIpc) is 2.95. The van der Waals surface area contributed by atoms with Crippen molar-refractivity contribution in [2.24, 2.45) is 0 Å². The van der Waals surface area contributed by atoms with E-state index in [4.69, 9.17) is 28.4 Å². The summed E-state index contributed by atoms with van der Waals surface area (Å²) < 4.78 is 33.0. The van der Waals surface area contributed by atoms with Crippen LogP contribution in [0.1, 0.15) is 44.9 Å². The van der Waals surface area contributed by atoms with Crippen LogP contribution in [0.4, 0.5) is 0 Å². The molecule has 6 atom stereocenters. The molecule has 13 nitrogen and oxygen atoms in total.